The van der Waals surface area contributed by atoms with Gasteiger partial charge in [0, 0.05) is 18.1 Å². The average molecular weight is 358 g/mol. The van der Waals surface area contributed by atoms with Crippen molar-refractivity contribution in [2.45, 2.75) is 38.2 Å². The first-order valence-electron chi connectivity index (χ1n) is 9.28. The quantitative estimate of drug-likeness (QED) is 0.795. The van der Waals surface area contributed by atoms with Crippen molar-refractivity contribution in [1.29, 1.82) is 0 Å². The molecule has 1 heterocycles. The van der Waals surface area contributed by atoms with Crippen molar-refractivity contribution in [3.8, 4) is 0 Å². The summed E-state index contributed by atoms with van der Waals surface area (Å²) in [7, 11) is 0. The number of nitrogens with zero attached hydrogens (tertiary/aromatic N) is 1. The molecule has 0 spiro atoms. The smallest absolute Gasteiger partial charge is 0.0994 e. The van der Waals surface area contributed by atoms with Crippen LogP contribution in [-0.4, -0.2) is 29.6 Å². The number of piperidine rings is 1. The molecule has 134 valence electrons. The van der Waals surface area contributed by atoms with Crippen molar-refractivity contribution in [2.24, 2.45) is 5.92 Å². The number of aliphatic hydroxyl groups is 1. The van der Waals surface area contributed by atoms with Crippen LogP contribution in [0.3, 0.4) is 0 Å². The normalized spacial score (nSPS) is 21.0. The lowest BCUT2D eigenvalue weighted by atomic mass is 9.89. The third kappa shape index (κ3) is 5.31. The SMILES string of the molecule is CC(O)(CN1CCC[C@H](CCc2ccccc2)C1)c1ccc(Cl)cc1. The highest BCUT2D eigenvalue weighted by atomic mass is 35.5. The van der Waals surface area contributed by atoms with E-state index in [4.69, 9.17) is 11.6 Å². The average Bonchev–Trinajstić information content (AvgIpc) is 2.61. The van der Waals surface area contributed by atoms with E-state index in [1.807, 2.05) is 31.2 Å². The third-order valence-electron chi connectivity index (χ3n) is 5.28. The molecule has 1 aliphatic heterocycles. The zero-order chi connectivity index (χ0) is 17.7. The van der Waals surface area contributed by atoms with E-state index >= 15 is 0 Å². The minimum atomic E-state index is -0.841. The monoisotopic (exact) mass is 357 g/mol. The molecule has 0 amide bonds. The van der Waals surface area contributed by atoms with E-state index in [1.165, 1.54) is 24.8 Å². The van der Waals surface area contributed by atoms with Gasteiger partial charge in [0.25, 0.3) is 0 Å². The molecular formula is C22H28ClNO. The summed E-state index contributed by atoms with van der Waals surface area (Å²) in [5.41, 5.74) is 1.52. The minimum absolute atomic E-state index is 0.677. The van der Waals surface area contributed by atoms with Gasteiger partial charge in [-0.15, -0.1) is 0 Å². The van der Waals surface area contributed by atoms with Gasteiger partial charge in [-0.3, -0.25) is 4.90 Å². The van der Waals surface area contributed by atoms with Crippen LogP contribution in [0.15, 0.2) is 54.6 Å². The Morgan fingerprint density at radius 2 is 1.84 bits per heavy atom. The molecule has 1 N–H and O–H groups in total. The van der Waals surface area contributed by atoms with Crippen molar-refractivity contribution in [2.75, 3.05) is 19.6 Å². The first-order chi connectivity index (χ1) is 12.0. The lowest BCUT2D eigenvalue weighted by molar-refractivity contribution is 0.00263. The number of β-amino-alcohol motifs (C(OH)–C–C–N with tert-alkyl or cyclic N) is 1. The van der Waals surface area contributed by atoms with Crippen molar-refractivity contribution >= 4 is 11.6 Å². The van der Waals surface area contributed by atoms with Gasteiger partial charge >= 0.3 is 0 Å². The second-order valence-corrected chi connectivity index (χ2v) is 7.98. The lowest BCUT2D eigenvalue weighted by Crippen LogP contribution is -2.44. The predicted octanol–water partition coefficient (Wildman–Crippen LogP) is 4.89. The Hall–Kier alpha value is -1.35. The molecule has 1 fully saturated rings. The highest BCUT2D eigenvalue weighted by Crippen LogP contribution is 2.27. The van der Waals surface area contributed by atoms with Crippen LogP contribution in [0.25, 0.3) is 0 Å². The Morgan fingerprint density at radius 1 is 1.12 bits per heavy atom. The number of rotatable bonds is 6. The van der Waals surface area contributed by atoms with Crippen molar-refractivity contribution in [3.63, 3.8) is 0 Å². The molecule has 25 heavy (non-hydrogen) atoms. The number of hydrogen-bond acceptors (Lipinski definition) is 2. The fourth-order valence-corrected chi connectivity index (χ4v) is 4.01. The van der Waals surface area contributed by atoms with Crippen LogP contribution < -0.4 is 0 Å². The number of hydrogen-bond donors (Lipinski definition) is 1. The van der Waals surface area contributed by atoms with E-state index in [1.54, 1.807) is 0 Å². The van der Waals surface area contributed by atoms with E-state index in [0.717, 1.165) is 31.0 Å². The van der Waals surface area contributed by atoms with Crippen LogP contribution >= 0.6 is 11.6 Å². The fourth-order valence-electron chi connectivity index (χ4n) is 3.88. The number of benzene rings is 2. The van der Waals surface area contributed by atoms with E-state index in [9.17, 15) is 5.11 Å². The molecule has 2 aromatic carbocycles. The molecule has 2 aromatic rings. The number of aryl methyl sites for hydroxylation is 1. The molecule has 0 radical (unpaired) electrons. The topological polar surface area (TPSA) is 23.5 Å². The second-order valence-electron chi connectivity index (χ2n) is 7.55. The molecular weight excluding hydrogens is 330 g/mol. The summed E-state index contributed by atoms with van der Waals surface area (Å²) in [4.78, 5) is 2.42. The fraction of sp³-hybridized carbons (Fsp3) is 0.455. The van der Waals surface area contributed by atoms with Gasteiger partial charge in [0.15, 0.2) is 0 Å². The Bertz CT molecular complexity index is 653. The second kappa shape index (κ2) is 8.35. The van der Waals surface area contributed by atoms with E-state index < -0.39 is 5.60 Å². The van der Waals surface area contributed by atoms with Crippen LogP contribution in [0.5, 0.6) is 0 Å². The largest absolute Gasteiger partial charge is 0.384 e. The third-order valence-corrected chi connectivity index (χ3v) is 5.54. The molecule has 0 bridgehead atoms. The summed E-state index contributed by atoms with van der Waals surface area (Å²) in [6, 6.07) is 18.3. The first-order valence-corrected chi connectivity index (χ1v) is 9.65. The zero-order valence-corrected chi connectivity index (χ0v) is 15.8. The van der Waals surface area contributed by atoms with Gasteiger partial charge in [-0.05, 0) is 68.3 Å². The van der Waals surface area contributed by atoms with Crippen molar-refractivity contribution < 1.29 is 5.11 Å². The lowest BCUT2D eigenvalue weighted by Gasteiger charge is -2.37. The van der Waals surface area contributed by atoms with Crippen LogP contribution in [0.4, 0.5) is 0 Å². The highest BCUT2D eigenvalue weighted by Gasteiger charge is 2.29. The molecule has 1 unspecified atom stereocenters. The van der Waals surface area contributed by atoms with E-state index in [2.05, 4.69) is 35.2 Å². The maximum Gasteiger partial charge on any atom is 0.0994 e. The molecule has 0 aliphatic carbocycles. The molecule has 0 saturated carbocycles. The molecule has 2 nitrogen and oxygen atoms in total. The van der Waals surface area contributed by atoms with Gasteiger partial charge in [-0.2, -0.15) is 0 Å². The summed E-state index contributed by atoms with van der Waals surface area (Å²) in [6.07, 6.45) is 4.89. The van der Waals surface area contributed by atoms with E-state index in [-0.39, 0.29) is 0 Å². The van der Waals surface area contributed by atoms with Crippen molar-refractivity contribution in [3.05, 3.63) is 70.7 Å². The maximum atomic E-state index is 10.9. The minimum Gasteiger partial charge on any atom is -0.384 e. The van der Waals surface area contributed by atoms with Gasteiger partial charge in [0.05, 0.1) is 5.60 Å². The zero-order valence-electron chi connectivity index (χ0n) is 15.0. The summed E-state index contributed by atoms with van der Waals surface area (Å²) >= 11 is 5.97. The summed E-state index contributed by atoms with van der Waals surface area (Å²) in [5.74, 6) is 0.718. The number of halogens is 1. The molecule has 2 atom stereocenters. The summed E-state index contributed by atoms with van der Waals surface area (Å²) in [6.45, 7) is 4.74. The summed E-state index contributed by atoms with van der Waals surface area (Å²) in [5, 5.41) is 11.6. The van der Waals surface area contributed by atoms with Gasteiger partial charge in [0.2, 0.25) is 0 Å². The van der Waals surface area contributed by atoms with Crippen LogP contribution in [0.2, 0.25) is 5.02 Å². The van der Waals surface area contributed by atoms with E-state index in [0.29, 0.717) is 11.6 Å². The number of likely N-dealkylation sites (tertiary alicyclic amines) is 1. The molecule has 1 saturated heterocycles. The standard InChI is InChI=1S/C22H28ClNO/c1-22(25,20-11-13-21(23)14-12-20)17-24-15-5-8-19(16-24)10-9-18-6-3-2-4-7-18/h2-4,6-7,11-14,19,25H,5,8-10,15-17H2,1H3/t19-,22?/m1/s1. The molecule has 0 aromatic heterocycles. The Balaban J connectivity index is 1.54. The van der Waals surface area contributed by atoms with Gasteiger partial charge in [-0.1, -0.05) is 54.1 Å². The predicted molar refractivity (Wildman–Crippen MR) is 105 cm³/mol. The van der Waals surface area contributed by atoms with Gasteiger partial charge < -0.3 is 5.11 Å². The molecule has 3 rings (SSSR count). The van der Waals surface area contributed by atoms with Gasteiger partial charge in [0.1, 0.15) is 0 Å². The van der Waals surface area contributed by atoms with Crippen LogP contribution in [-0.2, 0) is 12.0 Å². The Kier molecular flexibility index (Phi) is 6.16. The van der Waals surface area contributed by atoms with Crippen molar-refractivity contribution in [1.82, 2.24) is 4.90 Å². The molecule has 3 heteroatoms. The highest BCUT2D eigenvalue weighted by molar-refractivity contribution is 6.30. The summed E-state index contributed by atoms with van der Waals surface area (Å²) < 4.78 is 0. The Morgan fingerprint density at radius 3 is 2.56 bits per heavy atom. The van der Waals surface area contributed by atoms with Gasteiger partial charge in [-0.25, -0.2) is 0 Å². The van der Waals surface area contributed by atoms with Crippen LogP contribution in [0, 0.1) is 5.92 Å². The van der Waals surface area contributed by atoms with Crippen LogP contribution in [0.1, 0.15) is 37.3 Å². The molecule has 1 aliphatic rings. The maximum absolute atomic E-state index is 10.9. The first kappa shape index (κ1) is 18.4. The Labute approximate surface area is 156 Å².